The molecule has 0 aliphatic heterocycles. The zero-order valence-corrected chi connectivity index (χ0v) is 42.8. The van der Waals surface area contributed by atoms with E-state index >= 15 is 0 Å². The van der Waals surface area contributed by atoms with Crippen LogP contribution in [0.1, 0.15) is 297 Å². The van der Waals surface area contributed by atoms with E-state index in [1.807, 2.05) is 0 Å². The highest BCUT2D eigenvalue weighted by molar-refractivity contribution is 5.71. The Hall–Kier alpha value is -2.37. The molecule has 0 N–H and O–H groups in total. The maximum Gasteiger partial charge on any atom is 0.306 e. The lowest BCUT2D eigenvalue weighted by molar-refractivity contribution is -0.167. The zero-order valence-electron chi connectivity index (χ0n) is 42.8. The van der Waals surface area contributed by atoms with Crippen molar-refractivity contribution < 1.29 is 28.6 Å². The predicted molar refractivity (Wildman–Crippen MR) is 275 cm³/mol. The van der Waals surface area contributed by atoms with E-state index in [9.17, 15) is 14.4 Å². The van der Waals surface area contributed by atoms with Gasteiger partial charge in [-0.15, -0.1) is 0 Å². The third-order valence-corrected chi connectivity index (χ3v) is 12.4. The molecule has 0 heterocycles. The molecule has 6 nitrogen and oxygen atoms in total. The summed E-state index contributed by atoms with van der Waals surface area (Å²) in [5, 5.41) is 0. The van der Waals surface area contributed by atoms with E-state index in [2.05, 4.69) is 57.2 Å². The van der Waals surface area contributed by atoms with Gasteiger partial charge in [-0.1, -0.05) is 243 Å². The van der Waals surface area contributed by atoms with E-state index in [0.717, 1.165) is 77.0 Å². The number of hydrogen-bond donors (Lipinski definition) is 0. The van der Waals surface area contributed by atoms with Gasteiger partial charge in [0.15, 0.2) is 6.10 Å². The van der Waals surface area contributed by atoms with E-state index in [1.165, 1.54) is 180 Å². The number of allylic oxidation sites excluding steroid dienone is 6. The second-order valence-corrected chi connectivity index (χ2v) is 18.8. The average molecular weight is 899 g/mol. The minimum Gasteiger partial charge on any atom is -0.462 e. The first-order valence-corrected chi connectivity index (χ1v) is 28.0. The molecule has 6 heteroatoms. The van der Waals surface area contributed by atoms with Crippen molar-refractivity contribution in [3.8, 4) is 0 Å². The summed E-state index contributed by atoms with van der Waals surface area (Å²) in [6.45, 7) is 6.61. The molecule has 0 aromatic rings. The Kier molecular flexibility index (Phi) is 51.3. The molecule has 0 aliphatic rings. The van der Waals surface area contributed by atoms with Crippen LogP contribution in [0, 0.1) is 0 Å². The third kappa shape index (κ3) is 50.6. The van der Waals surface area contributed by atoms with Crippen LogP contribution in [0.2, 0.25) is 0 Å². The van der Waals surface area contributed by atoms with Crippen LogP contribution in [0.15, 0.2) is 36.5 Å². The first-order valence-electron chi connectivity index (χ1n) is 28.0. The van der Waals surface area contributed by atoms with Crippen LogP contribution in [0.3, 0.4) is 0 Å². The van der Waals surface area contributed by atoms with Gasteiger partial charge in [-0.3, -0.25) is 14.4 Å². The molecule has 64 heavy (non-hydrogen) atoms. The van der Waals surface area contributed by atoms with Gasteiger partial charge in [-0.05, 0) is 70.6 Å². The van der Waals surface area contributed by atoms with Crippen molar-refractivity contribution in [2.45, 2.75) is 303 Å². The van der Waals surface area contributed by atoms with Crippen molar-refractivity contribution in [3.05, 3.63) is 36.5 Å². The maximum absolute atomic E-state index is 12.8. The van der Waals surface area contributed by atoms with Crippen molar-refractivity contribution in [2.75, 3.05) is 13.2 Å². The van der Waals surface area contributed by atoms with Crippen molar-refractivity contribution >= 4 is 17.9 Å². The van der Waals surface area contributed by atoms with Gasteiger partial charge in [-0.2, -0.15) is 0 Å². The lowest BCUT2D eigenvalue weighted by Crippen LogP contribution is -2.30. The Bertz CT molecular complexity index is 1080. The first-order chi connectivity index (χ1) is 31.5. The monoisotopic (exact) mass is 899 g/mol. The number of carbonyl (C=O) groups excluding carboxylic acids is 3. The fourth-order valence-corrected chi connectivity index (χ4v) is 8.10. The summed E-state index contributed by atoms with van der Waals surface area (Å²) in [4.78, 5) is 38.1. The summed E-state index contributed by atoms with van der Waals surface area (Å²) in [6.07, 6.45) is 62.7. The molecular formula is C58H106O6. The Labute approximate surface area is 397 Å². The van der Waals surface area contributed by atoms with Gasteiger partial charge in [0.1, 0.15) is 13.2 Å². The molecule has 0 aromatic heterocycles. The van der Waals surface area contributed by atoms with Gasteiger partial charge >= 0.3 is 17.9 Å². The summed E-state index contributed by atoms with van der Waals surface area (Å²) in [5.41, 5.74) is 0. The van der Waals surface area contributed by atoms with E-state index in [-0.39, 0.29) is 31.1 Å². The average Bonchev–Trinajstić information content (AvgIpc) is 3.29. The van der Waals surface area contributed by atoms with Gasteiger partial charge in [0, 0.05) is 19.3 Å². The fraction of sp³-hybridized carbons (Fsp3) is 0.845. The van der Waals surface area contributed by atoms with Crippen LogP contribution in [-0.2, 0) is 28.6 Å². The standard InChI is InChI=1S/C58H106O6/c1-4-7-10-13-16-19-22-25-28-29-31-33-36-39-42-45-48-51-57(60)63-54-55(53-62-56(59)50-47-44-41-38-35-32-27-24-21-18-15-12-9-6-3)64-58(61)52-49-46-43-40-37-34-30-26-23-20-17-14-11-8-5-2/h15,18,24-25,27-28,55H,4-14,16-17,19-23,26,29-54H2,1-3H3/b18-15+,27-24+,28-25+/t55-/m1/s1. The summed E-state index contributed by atoms with van der Waals surface area (Å²) in [6, 6.07) is 0. The first kappa shape index (κ1) is 61.6. The number of carbonyl (C=O) groups is 3. The molecule has 1 atom stereocenters. The van der Waals surface area contributed by atoms with Crippen molar-refractivity contribution in [3.63, 3.8) is 0 Å². The molecule has 0 fully saturated rings. The molecule has 0 saturated heterocycles. The molecule has 0 bridgehead atoms. The molecule has 0 aromatic carbocycles. The maximum atomic E-state index is 12.8. The highest BCUT2D eigenvalue weighted by Crippen LogP contribution is 2.16. The molecule has 0 radical (unpaired) electrons. The van der Waals surface area contributed by atoms with Crippen LogP contribution in [0.5, 0.6) is 0 Å². The van der Waals surface area contributed by atoms with E-state index in [1.54, 1.807) is 0 Å². The van der Waals surface area contributed by atoms with E-state index in [4.69, 9.17) is 14.2 Å². The number of esters is 3. The SMILES string of the molecule is CCCC/C=C/C/C=C/CCCCCCCC(=O)OC[C@H](COC(=O)CCCCCCCCC/C=C/CCCCCCCC)OC(=O)CCCCCCCCCCCCCCCCC. The Morgan fingerprint density at radius 3 is 0.922 bits per heavy atom. The lowest BCUT2D eigenvalue weighted by atomic mass is 10.0. The molecular weight excluding hydrogens is 793 g/mol. The van der Waals surface area contributed by atoms with Crippen molar-refractivity contribution in [1.82, 2.24) is 0 Å². The topological polar surface area (TPSA) is 78.9 Å². The van der Waals surface area contributed by atoms with Crippen LogP contribution < -0.4 is 0 Å². The smallest absolute Gasteiger partial charge is 0.306 e. The lowest BCUT2D eigenvalue weighted by Gasteiger charge is -2.18. The fourth-order valence-electron chi connectivity index (χ4n) is 8.10. The molecule has 0 aliphatic carbocycles. The number of rotatable bonds is 51. The normalized spacial score (nSPS) is 12.2. The molecule has 0 saturated carbocycles. The minimum atomic E-state index is -0.776. The van der Waals surface area contributed by atoms with Crippen molar-refractivity contribution in [1.29, 1.82) is 0 Å². The molecule has 0 unspecified atom stereocenters. The zero-order chi connectivity index (χ0) is 46.5. The van der Waals surface area contributed by atoms with Gasteiger partial charge < -0.3 is 14.2 Å². The second kappa shape index (κ2) is 53.2. The van der Waals surface area contributed by atoms with Gasteiger partial charge in [0.2, 0.25) is 0 Å². The summed E-state index contributed by atoms with van der Waals surface area (Å²) < 4.78 is 16.8. The quantitative estimate of drug-likeness (QED) is 0.0262. The van der Waals surface area contributed by atoms with E-state index in [0.29, 0.717) is 19.3 Å². The highest BCUT2D eigenvalue weighted by Gasteiger charge is 2.19. The molecule has 374 valence electrons. The Balaban J connectivity index is 4.36. The van der Waals surface area contributed by atoms with Gasteiger partial charge in [0.25, 0.3) is 0 Å². The molecule has 0 rings (SSSR count). The predicted octanol–water partition coefficient (Wildman–Crippen LogP) is 18.5. The number of hydrogen-bond acceptors (Lipinski definition) is 6. The summed E-state index contributed by atoms with van der Waals surface area (Å²) in [7, 11) is 0. The van der Waals surface area contributed by atoms with E-state index < -0.39 is 6.10 Å². The van der Waals surface area contributed by atoms with Crippen LogP contribution >= 0.6 is 0 Å². The molecule has 0 amide bonds. The van der Waals surface area contributed by atoms with Crippen LogP contribution in [-0.4, -0.2) is 37.2 Å². The highest BCUT2D eigenvalue weighted by atomic mass is 16.6. The Morgan fingerprint density at radius 1 is 0.312 bits per heavy atom. The summed E-state index contributed by atoms with van der Waals surface area (Å²) >= 11 is 0. The second-order valence-electron chi connectivity index (χ2n) is 18.8. The molecule has 0 spiro atoms. The number of ether oxygens (including phenoxy) is 3. The van der Waals surface area contributed by atoms with Gasteiger partial charge in [-0.25, -0.2) is 0 Å². The summed E-state index contributed by atoms with van der Waals surface area (Å²) in [5.74, 6) is -0.879. The van der Waals surface area contributed by atoms with Crippen molar-refractivity contribution in [2.24, 2.45) is 0 Å². The third-order valence-electron chi connectivity index (χ3n) is 12.4. The van der Waals surface area contributed by atoms with Crippen LogP contribution in [0.25, 0.3) is 0 Å². The number of unbranched alkanes of at least 4 members (excludes halogenated alkanes) is 34. The van der Waals surface area contributed by atoms with Gasteiger partial charge in [0.05, 0.1) is 0 Å². The minimum absolute atomic E-state index is 0.0757. The van der Waals surface area contributed by atoms with Crippen LogP contribution in [0.4, 0.5) is 0 Å². The largest absolute Gasteiger partial charge is 0.462 e. The Morgan fingerprint density at radius 2 is 0.578 bits per heavy atom.